The van der Waals surface area contributed by atoms with Gasteiger partial charge in [-0.3, -0.25) is 14.6 Å². The van der Waals surface area contributed by atoms with E-state index in [0.717, 1.165) is 64.6 Å². The van der Waals surface area contributed by atoms with E-state index >= 15 is 0 Å². The van der Waals surface area contributed by atoms with Gasteiger partial charge in [-0.2, -0.15) is 0 Å². The fourth-order valence-electron chi connectivity index (χ4n) is 3.35. The van der Waals surface area contributed by atoms with Crippen LogP contribution in [0.4, 0.5) is 0 Å². The molecule has 138 valence electrons. The van der Waals surface area contributed by atoms with E-state index in [1.165, 1.54) is 5.56 Å². The Labute approximate surface area is 150 Å². The molecule has 3 rings (SSSR count). The number of rotatable bonds is 6. The summed E-state index contributed by atoms with van der Waals surface area (Å²) in [5, 5.41) is 6.39. The fourth-order valence-corrected chi connectivity index (χ4v) is 3.35. The Morgan fingerprint density at radius 1 is 1.12 bits per heavy atom. The summed E-state index contributed by atoms with van der Waals surface area (Å²) >= 11 is 0. The lowest BCUT2D eigenvalue weighted by Crippen LogP contribution is -2.52. The highest BCUT2D eigenvalue weighted by molar-refractivity contribution is 5.81. The van der Waals surface area contributed by atoms with Gasteiger partial charge in [0.05, 0.1) is 19.3 Å². The molecule has 0 radical (unpaired) electrons. The van der Waals surface area contributed by atoms with E-state index < -0.39 is 0 Å². The smallest absolute Gasteiger partial charge is 0.237 e. The molecule has 0 saturated carbocycles. The van der Waals surface area contributed by atoms with Crippen LogP contribution in [0.2, 0.25) is 0 Å². The lowest BCUT2D eigenvalue weighted by molar-refractivity contribution is -0.126. The van der Waals surface area contributed by atoms with E-state index in [2.05, 4.69) is 44.7 Å². The third-order valence-corrected chi connectivity index (χ3v) is 5.08. The summed E-state index contributed by atoms with van der Waals surface area (Å²) in [6, 6.07) is 8.49. The van der Waals surface area contributed by atoms with Crippen LogP contribution in [0.15, 0.2) is 24.3 Å². The minimum Gasteiger partial charge on any atom is -0.379 e. The maximum absolute atomic E-state index is 12.4. The van der Waals surface area contributed by atoms with Crippen LogP contribution in [0.1, 0.15) is 18.1 Å². The van der Waals surface area contributed by atoms with Crippen LogP contribution in [-0.4, -0.2) is 74.2 Å². The molecule has 1 unspecified atom stereocenters. The molecule has 2 saturated heterocycles. The van der Waals surface area contributed by atoms with E-state index in [4.69, 9.17) is 4.74 Å². The molecule has 1 atom stereocenters. The third-order valence-electron chi connectivity index (χ3n) is 5.08. The van der Waals surface area contributed by atoms with Crippen molar-refractivity contribution in [3.63, 3.8) is 0 Å². The van der Waals surface area contributed by atoms with Crippen LogP contribution >= 0.6 is 0 Å². The number of carbonyl (C=O) groups is 1. The minimum atomic E-state index is -0.0670. The summed E-state index contributed by atoms with van der Waals surface area (Å²) in [5.74, 6) is 0.110. The Hall–Kier alpha value is -1.47. The van der Waals surface area contributed by atoms with Gasteiger partial charge in [-0.25, -0.2) is 0 Å². The number of amides is 1. The van der Waals surface area contributed by atoms with Gasteiger partial charge < -0.3 is 15.4 Å². The molecule has 1 aromatic rings. The Morgan fingerprint density at radius 2 is 1.76 bits per heavy atom. The number of morpholine rings is 1. The molecule has 1 aromatic carbocycles. The SMILES string of the molecule is CC(C(=O)NCc1ccc(CN2CCOCC2)cc1)N1CCNCC1. The molecular weight excluding hydrogens is 316 g/mol. The first-order valence-electron chi connectivity index (χ1n) is 9.33. The summed E-state index contributed by atoms with van der Waals surface area (Å²) < 4.78 is 5.39. The zero-order valence-corrected chi connectivity index (χ0v) is 15.2. The van der Waals surface area contributed by atoms with Gasteiger partial charge in [0.2, 0.25) is 5.91 Å². The van der Waals surface area contributed by atoms with E-state index in [9.17, 15) is 4.79 Å². The highest BCUT2D eigenvalue weighted by atomic mass is 16.5. The van der Waals surface area contributed by atoms with Crippen molar-refractivity contribution in [2.24, 2.45) is 0 Å². The molecule has 6 heteroatoms. The maximum atomic E-state index is 12.4. The number of nitrogens with one attached hydrogen (secondary N) is 2. The number of hydrogen-bond acceptors (Lipinski definition) is 5. The van der Waals surface area contributed by atoms with Crippen LogP contribution in [-0.2, 0) is 22.6 Å². The Morgan fingerprint density at radius 3 is 2.44 bits per heavy atom. The monoisotopic (exact) mass is 346 g/mol. The summed E-state index contributed by atoms with van der Waals surface area (Å²) in [6.07, 6.45) is 0. The highest BCUT2D eigenvalue weighted by Gasteiger charge is 2.22. The van der Waals surface area contributed by atoms with Gasteiger partial charge in [0.25, 0.3) is 0 Å². The molecule has 6 nitrogen and oxygen atoms in total. The highest BCUT2D eigenvalue weighted by Crippen LogP contribution is 2.09. The van der Waals surface area contributed by atoms with Crippen molar-refractivity contribution in [3.05, 3.63) is 35.4 Å². The zero-order valence-electron chi connectivity index (χ0n) is 15.2. The van der Waals surface area contributed by atoms with E-state index in [0.29, 0.717) is 6.54 Å². The topological polar surface area (TPSA) is 56.8 Å². The molecule has 25 heavy (non-hydrogen) atoms. The molecule has 2 aliphatic rings. The Bertz CT molecular complexity index is 537. The van der Waals surface area contributed by atoms with Gasteiger partial charge in [-0.1, -0.05) is 24.3 Å². The summed E-state index contributed by atoms with van der Waals surface area (Å²) in [4.78, 5) is 17.0. The number of nitrogens with zero attached hydrogens (tertiary/aromatic N) is 2. The van der Waals surface area contributed by atoms with Crippen molar-refractivity contribution >= 4 is 5.91 Å². The van der Waals surface area contributed by atoms with E-state index in [1.54, 1.807) is 0 Å². The number of piperazine rings is 1. The van der Waals surface area contributed by atoms with Crippen LogP contribution in [0.5, 0.6) is 0 Å². The minimum absolute atomic E-state index is 0.0670. The molecule has 2 heterocycles. The number of carbonyl (C=O) groups excluding carboxylic acids is 1. The third kappa shape index (κ3) is 5.51. The molecule has 2 fully saturated rings. The second kappa shape index (κ2) is 9.29. The average molecular weight is 346 g/mol. The predicted molar refractivity (Wildman–Crippen MR) is 98.3 cm³/mol. The molecule has 0 aromatic heterocycles. The standard InChI is InChI=1S/C19H30N4O2/c1-16(23-8-6-20-7-9-23)19(24)21-14-17-2-4-18(5-3-17)15-22-10-12-25-13-11-22/h2-5,16,20H,6-15H2,1H3,(H,21,24). The van der Waals surface area contributed by atoms with Gasteiger partial charge in [0, 0.05) is 52.4 Å². The summed E-state index contributed by atoms with van der Waals surface area (Å²) in [7, 11) is 0. The van der Waals surface area contributed by atoms with Crippen molar-refractivity contribution < 1.29 is 9.53 Å². The van der Waals surface area contributed by atoms with E-state index in [1.807, 2.05) is 6.92 Å². The summed E-state index contributed by atoms with van der Waals surface area (Å²) in [5.41, 5.74) is 2.46. The van der Waals surface area contributed by atoms with Crippen LogP contribution in [0, 0.1) is 0 Å². The van der Waals surface area contributed by atoms with Crippen molar-refractivity contribution in [3.8, 4) is 0 Å². The Kier molecular flexibility index (Phi) is 6.81. The lowest BCUT2D eigenvalue weighted by atomic mass is 10.1. The largest absolute Gasteiger partial charge is 0.379 e. The number of benzene rings is 1. The molecule has 0 aliphatic carbocycles. The van der Waals surface area contributed by atoms with Crippen molar-refractivity contribution in [1.29, 1.82) is 0 Å². The van der Waals surface area contributed by atoms with Crippen LogP contribution in [0.25, 0.3) is 0 Å². The predicted octanol–water partition coefficient (Wildman–Crippen LogP) is 0.429. The van der Waals surface area contributed by atoms with Crippen molar-refractivity contribution in [1.82, 2.24) is 20.4 Å². The fraction of sp³-hybridized carbons (Fsp3) is 0.632. The first-order chi connectivity index (χ1) is 12.2. The molecule has 2 N–H and O–H groups in total. The normalized spacial score (nSPS) is 21.0. The molecular formula is C19H30N4O2. The van der Waals surface area contributed by atoms with Crippen LogP contribution in [0.3, 0.4) is 0 Å². The van der Waals surface area contributed by atoms with Crippen molar-refractivity contribution in [2.45, 2.75) is 26.1 Å². The molecule has 1 amide bonds. The summed E-state index contributed by atoms with van der Waals surface area (Å²) in [6.45, 7) is 11.0. The second-order valence-electron chi connectivity index (χ2n) is 6.88. The maximum Gasteiger partial charge on any atom is 0.237 e. The van der Waals surface area contributed by atoms with Gasteiger partial charge in [0.1, 0.15) is 0 Å². The lowest BCUT2D eigenvalue weighted by Gasteiger charge is -2.31. The molecule has 2 aliphatic heterocycles. The first kappa shape index (κ1) is 18.3. The van der Waals surface area contributed by atoms with Gasteiger partial charge in [-0.05, 0) is 18.1 Å². The van der Waals surface area contributed by atoms with Gasteiger partial charge in [-0.15, -0.1) is 0 Å². The average Bonchev–Trinajstić information content (AvgIpc) is 2.68. The Balaban J connectivity index is 1.43. The van der Waals surface area contributed by atoms with Gasteiger partial charge in [0.15, 0.2) is 0 Å². The first-order valence-corrected chi connectivity index (χ1v) is 9.33. The number of ether oxygens (including phenoxy) is 1. The van der Waals surface area contributed by atoms with Gasteiger partial charge >= 0.3 is 0 Å². The zero-order chi connectivity index (χ0) is 17.5. The quantitative estimate of drug-likeness (QED) is 0.782. The molecule has 0 bridgehead atoms. The van der Waals surface area contributed by atoms with Crippen molar-refractivity contribution in [2.75, 3.05) is 52.5 Å². The molecule has 0 spiro atoms. The second-order valence-corrected chi connectivity index (χ2v) is 6.88. The number of hydrogen-bond donors (Lipinski definition) is 2. The van der Waals surface area contributed by atoms with Crippen LogP contribution < -0.4 is 10.6 Å². The van der Waals surface area contributed by atoms with E-state index in [-0.39, 0.29) is 11.9 Å².